The van der Waals surface area contributed by atoms with Crippen LogP contribution in [0.4, 0.5) is 9.80 Å². The van der Waals surface area contributed by atoms with Crippen LogP contribution in [0.5, 0.6) is 0 Å². The Kier molecular flexibility index (Phi) is 4.24. The average Bonchev–Trinajstić information content (AvgIpc) is 2.80. The van der Waals surface area contributed by atoms with Crippen LogP contribution in [0, 0.1) is 11.3 Å². The van der Waals surface area contributed by atoms with E-state index in [0.717, 1.165) is 10.4 Å². The molecule has 6 heteroatoms. The Balaban J connectivity index is 2.23. The molecule has 0 unspecified atom stereocenters. The third-order valence-corrected chi connectivity index (χ3v) is 3.51. The number of anilines is 1. The average molecular weight is 301 g/mol. The lowest BCUT2D eigenvalue weighted by atomic mass is 10.2. The van der Waals surface area contributed by atoms with Gasteiger partial charge in [0.15, 0.2) is 0 Å². The van der Waals surface area contributed by atoms with Crippen molar-refractivity contribution in [2.75, 3.05) is 5.32 Å². The SMILES string of the molecule is CC(C)(C)OC(=O)Nc1sc(-c2cccnc2)cc1C#N. The number of nitrogens with one attached hydrogen (secondary N) is 1. The molecule has 2 heterocycles. The summed E-state index contributed by atoms with van der Waals surface area (Å²) in [6, 6.07) is 7.53. The van der Waals surface area contributed by atoms with Gasteiger partial charge >= 0.3 is 6.09 Å². The first kappa shape index (κ1) is 15.0. The van der Waals surface area contributed by atoms with Gasteiger partial charge in [0, 0.05) is 22.8 Å². The highest BCUT2D eigenvalue weighted by molar-refractivity contribution is 7.19. The van der Waals surface area contributed by atoms with E-state index in [1.807, 2.05) is 12.1 Å². The number of aromatic nitrogens is 1. The molecule has 2 rings (SSSR count). The van der Waals surface area contributed by atoms with Crippen LogP contribution in [0.15, 0.2) is 30.6 Å². The van der Waals surface area contributed by atoms with E-state index in [4.69, 9.17) is 4.74 Å². The number of carbonyl (C=O) groups excluding carboxylic acids is 1. The number of hydrogen-bond acceptors (Lipinski definition) is 5. The standard InChI is InChI=1S/C15H15N3O2S/c1-15(2,3)20-14(19)18-13-11(8-16)7-12(21-13)10-5-4-6-17-9-10/h4-7,9H,1-3H3,(H,18,19). The number of thiophene rings is 1. The molecule has 1 N–H and O–H groups in total. The molecule has 0 fully saturated rings. The molecular weight excluding hydrogens is 286 g/mol. The highest BCUT2D eigenvalue weighted by atomic mass is 32.1. The maximum absolute atomic E-state index is 11.8. The van der Waals surface area contributed by atoms with E-state index in [1.54, 1.807) is 39.2 Å². The molecule has 0 bridgehead atoms. The number of ether oxygens (including phenoxy) is 1. The predicted molar refractivity (Wildman–Crippen MR) is 82.1 cm³/mol. The first-order valence-corrected chi connectivity index (χ1v) is 7.15. The molecule has 108 valence electrons. The largest absolute Gasteiger partial charge is 0.444 e. The highest BCUT2D eigenvalue weighted by Gasteiger charge is 2.19. The molecule has 0 saturated carbocycles. The fourth-order valence-electron chi connectivity index (χ4n) is 1.61. The molecule has 0 aliphatic carbocycles. The van der Waals surface area contributed by atoms with Gasteiger partial charge in [0.05, 0.1) is 5.56 Å². The van der Waals surface area contributed by atoms with Gasteiger partial charge in [0.25, 0.3) is 0 Å². The van der Waals surface area contributed by atoms with E-state index < -0.39 is 11.7 Å². The minimum absolute atomic E-state index is 0.407. The Morgan fingerprint density at radius 3 is 2.81 bits per heavy atom. The molecule has 2 aromatic rings. The van der Waals surface area contributed by atoms with Crippen molar-refractivity contribution in [3.8, 4) is 16.5 Å². The van der Waals surface area contributed by atoms with Crippen molar-refractivity contribution < 1.29 is 9.53 Å². The zero-order valence-electron chi connectivity index (χ0n) is 12.0. The molecule has 5 nitrogen and oxygen atoms in total. The number of carbonyl (C=O) groups is 1. The Bertz CT molecular complexity index is 681. The molecule has 0 spiro atoms. The van der Waals surface area contributed by atoms with Crippen LogP contribution in [-0.4, -0.2) is 16.7 Å². The van der Waals surface area contributed by atoms with Crippen molar-refractivity contribution in [3.63, 3.8) is 0 Å². The van der Waals surface area contributed by atoms with Crippen LogP contribution < -0.4 is 5.32 Å². The first-order valence-electron chi connectivity index (χ1n) is 6.33. The minimum atomic E-state index is -0.583. The molecule has 2 aromatic heterocycles. The Hall–Kier alpha value is -2.39. The Labute approximate surface area is 127 Å². The number of amides is 1. The van der Waals surface area contributed by atoms with Crippen LogP contribution in [0.1, 0.15) is 26.3 Å². The van der Waals surface area contributed by atoms with Crippen molar-refractivity contribution >= 4 is 22.4 Å². The molecule has 0 aliphatic heterocycles. The van der Waals surface area contributed by atoms with Gasteiger partial charge in [-0.2, -0.15) is 5.26 Å². The van der Waals surface area contributed by atoms with E-state index in [0.29, 0.717) is 10.6 Å². The van der Waals surface area contributed by atoms with Gasteiger partial charge in [-0.25, -0.2) is 4.79 Å². The van der Waals surface area contributed by atoms with E-state index in [2.05, 4.69) is 16.4 Å². The summed E-state index contributed by atoms with van der Waals surface area (Å²) in [4.78, 5) is 16.7. The van der Waals surface area contributed by atoms with Gasteiger partial charge in [0.1, 0.15) is 16.7 Å². The van der Waals surface area contributed by atoms with Crippen molar-refractivity contribution in [2.24, 2.45) is 0 Å². The number of nitrogens with zero attached hydrogens (tertiary/aromatic N) is 2. The molecule has 0 aliphatic rings. The molecule has 0 aromatic carbocycles. The summed E-state index contributed by atoms with van der Waals surface area (Å²) in [7, 11) is 0. The zero-order chi connectivity index (χ0) is 15.5. The quantitative estimate of drug-likeness (QED) is 0.908. The van der Waals surface area contributed by atoms with Gasteiger partial charge in [-0.15, -0.1) is 11.3 Å². The summed E-state index contributed by atoms with van der Waals surface area (Å²) >= 11 is 1.32. The maximum atomic E-state index is 11.8. The fourth-order valence-corrected chi connectivity index (χ4v) is 2.60. The van der Waals surface area contributed by atoms with Gasteiger partial charge in [-0.1, -0.05) is 6.07 Å². The second kappa shape index (κ2) is 5.94. The smallest absolute Gasteiger partial charge is 0.412 e. The molecule has 1 amide bonds. The molecular formula is C15H15N3O2S. The van der Waals surface area contributed by atoms with Crippen molar-refractivity contribution in [1.82, 2.24) is 4.98 Å². The predicted octanol–water partition coefficient (Wildman–Crippen LogP) is 4.03. The molecule has 0 radical (unpaired) electrons. The molecule has 0 atom stereocenters. The van der Waals surface area contributed by atoms with Gasteiger partial charge in [-0.05, 0) is 32.9 Å². The molecule has 0 saturated heterocycles. The van der Waals surface area contributed by atoms with E-state index in [9.17, 15) is 10.1 Å². The summed E-state index contributed by atoms with van der Waals surface area (Å²) in [5, 5.41) is 12.3. The normalized spacial score (nSPS) is 10.8. The zero-order valence-corrected chi connectivity index (χ0v) is 12.8. The maximum Gasteiger partial charge on any atom is 0.412 e. The minimum Gasteiger partial charge on any atom is -0.444 e. The third-order valence-electron chi connectivity index (χ3n) is 2.41. The summed E-state index contributed by atoms with van der Waals surface area (Å²) in [6.45, 7) is 5.35. The lowest BCUT2D eigenvalue weighted by Gasteiger charge is -2.19. The summed E-state index contributed by atoms with van der Waals surface area (Å²) in [5.74, 6) is 0. The topological polar surface area (TPSA) is 75.0 Å². The highest BCUT2D eigenvalue weighted by Crippen LogP contribution is 2.34. The van der Waals surface area contributed by atoms with Gasteiger partial charge < -0.3 is 4.74 Å². The van der Waals surface area contributed by atoms with Crippen LogP contribution in [0.3, 0.4) is 0 Å². The van der Waals surface area contributed by atoms with Crippen molar-refractivity contribution in [2.45, 2.75) is 26.4 Å². The number of rotatable bonds is 2. The van der Waals surface area contributed by atoms with Gasteiger partial charge in [0.2, 0.25) is 0 Å². The third kappa shape index (κ3) is 4.04. The second-order valence-corrected chi connectivity index (χ2v) is 6.39. The number of hydrogen-bond donors (Lipinski definition) is 1. The summed E-state index contributed by atoms with van der Waals surface area (Å²) in [5.41, 5.74) is 0.723. The first-order chi connectivity index (χ1) is 9.89. The van der Waals surface area contributed by atoms with E-state index in [1.165, 1.54) is 11.3 Å². The fraction of sp³-hybridized carbons (Fsp3) is 0.267. The van der Waals surface area contributed by atoms with Crippen LogP contribution in [-0.2, 0) is 4.74 Å². The second-order valence-electron chi connectivity index (χ2n) is 5.33. The van der Waals surface area contributed by atoms with Crippen molar-refractivity contribution in [3.05, 3.63) is 36.2 Å². The Morgan fingerprint density at radius 1 is 1.48 bits per heavy atom. The van der Waals surface area contributed by atoms with E-state index in [-0.39, 0.29) is 0 Å². The van der Waals surface area contributed by atoms with Crippen molar-refractivity contribution in [1.29, 1.82) is 5.26 Å². The van der Waals surface area contributed by atoms with Crippen LogP contribution >= 0.6 is 11.3 Å². The van der Waals surface area contributed by atoms with Crippen LogP contribution in [0.25, 0.3) is 10.4 Å². The lowest BCUT2D eigenvalue weighted by molar-refractivity contribution is 0.0636. The Morgan fingerprint density at radius 2 is 2.24 bits per heavy atom. The number of nitriles is 1. The summed E-state index contributed by atoms with van der Waals surface area (Å²) < 4.78 is 5.19. The van der Waals surface area contributed by atoms with Crippen LogP contribution in [0.2, 0.25) is 0 Å². The monoisotopic (exact) mass is 301 g/mol. The van der Waals surface area contributed by atoms with E-state index >= 15 is 0 Å². The lowest BCUT2D eigenvalue weighted by Crippen LogP contribution is -2.27. The van der Waals surface area contributed by atoms with Gasteiger partial charge in [-0.3, -0.25) is 10.3 Å². The molecule has 21 heavy (non-hydrogen) atoms. The summed E-state index contributed by atoms with van der Waals surface area (Å²) in [6.07, 6.45) is 2.82. The number of pyridine rings is 1.